The number of carbonyl (C=O) groups is 1. The molecular weight excluding hydrogens is 354 g/mol. The number of rotatable bonds is 5. The van der Waals surface area contributed by atoms with Crippen LogP contribution in [-0.4, -0.2) is 55.0 Å². The molecule has 2 heterocycles. The highest BCUT2D eigenvalue weighted by molar-refractivity contribution is 7.16. The molecule has 1 atom stereocenters. The Morgan fingerprint density at radius 3 is 2.44 bits per heavy atom. The Balaban J connectivity index is 1.53. The Morgan fingerprint density at radius 1 is 1.16 bits per heavy atom. The quantitative estimate of drug-likeness (QED) is 0.797. The van der Waals surface area contributed by atoms with Crippen molar-refractivity contribution >= 4 is 34.5 Å². The zero-order valence-electron chi connectivity index (χ0n) is 14.7. The number of thiophene rings is 1. The molecule has 2 aromatic rings. The van der Waals surface area contributed by atoms with E-state index in [1.807, 2.05) is 37.1 Å². The van der Waals surface area contributed by atoms with Gasteiger partial charge in [0.15, 0.2) is 0 Å². The van der Waals surface area contributed by atoms with Gasteiger partial charge in [-0.05, 0) is 38.2 Å². The van der Waals surface area contributed by atoms with E-state index in [-0.39, 0.29) is 11.9 Å². The molecule has 1 fully saturated rings. The van der Waals surface area contributed by atoms with E-state index in [1.165, 1.54) is 10.6 Å². The van der Waals surface area contributed by atoms with Crippen LogP contribution in [0.4, 0.5) is 5.69 Å². The molecule has 1 unspecified atom stereocenters. The minimum Gasteiger partial charge on any atom is -0.368 e. The molecule has 0 saturated carbocycles. The van der Waals surface area contributed by atoms with Gasteiger partial charge in [0.1, 0.15) is 0 Å². The van der Waals surface area contributed by atoms with Crippen LogP contribution in [0.3, 0.4) is 0 Å². The Kier molecular flexibility index (Phi) is 5.99. The number of hydrogen-bond acceptors (Lipinski definition) is 4. The molecular formula is C19H24ClN3OS. The van der Waals surface area contributed by atoms with Gasteiger partial charge in [-0.2, -0.15) is 0 Å². The maximum atomic E-state index is 12.8. The summed E-state index contributed by atoms with van der Waals surface area (Å²) in [6.45, 7) is 6.04. The highest BCUT2D eigenvalue weighted by atomic mass is 35.5. The second-order valence-electron chi connectivity index (χ2n) is 6.44. The van der Waals surface area contributed by atoms with Crippen LogP contribution in [0.2, 0.25) is 4.34 Å². The molecule has 25 heavy (non-hydrogen) atoms. The first-order chi connectivity index (χ1) is 12.0. The first-order valence-corrected chi connectivity index (χ1v) is 9.77. The smallest absolute Gasteiger partial charge is 0.239 e. The number of piperazine rings is 1. The van der Waals surface area contributed by atoms with Crippen molar-refractivity contribution in [3.05, 3.63) is 51.7 Å². The normalized spacial score (nSPS) is 16.3. The van der Waals surface area contributed by atoms with E-state index in [2.05, 4.69) is 34.1 Å². The summed E-state index contributed by atoms with van der Waals surface area (Å²) in [7, 11) is 2.00. The van der Waals surface area contributed by atoms with Crippen LogP contribution in [0.15, 0.2) is 42.5 Å². The number of hydrogen-bond donors (Lipinski definition) is 0. The number of benzene rings is 1. The minimum atomic E-state index is -0.135. The van der Waals surface area contributed by atoms with Gasteiger partial charge in [0, 0.05) is 43.3 Å². The van der Waals surface area contributed by atoms with Crippen LogP contribution < -0.4 is 4.90 Å². The minimum absolute atomic E-state index is 0.135. The van der Waals surface area contributed by atoms with E-state index in [4.69, 9.17) is 11.6 Å². The molecule has 0 spiro atoms. The monoisotopic (exact) mass is 377 g/mol. The van der Waals surface area contributed by atoms with Gasteiger partial charge in [0.05, 0.1) is 10.4 Å². The molecule has 1 aromatic heterocycles. The van der Waals surface area contributed by atoms with E-state index in [1.54, 1.807) is 11.3 Å². The highest BCUT2D eigenvalue weighted by Gasteiger charge is 2.27. The molecule has 4 nitrogen and oxygen atoms in total. The van der Waals surface area contributed by atoms with E-state index in [9.17, 15) is 4.79 Å². The average molecular weight is 378 g/mol. The van der Waals surface area contributed by atoms with Crippen LogP contribution in [0.5, 0.6) is 0 Å². The second-order valence-corrected chi connectivity index (χ2v) is 8.24. The summed E-state index contributed by atoms with van der Waals surface area (Å²) in [5, 5.41) is 0. The van der Waals surface area contributed by atoms with Crippen molar-refractivity contribution in [3.8, 4) is 0 Å². The average Bonchev–Trinajstić information content (AvgIpc) is 3.06. The van der Waals surface area contributed by atoms with Gasteiger partial charge in [-0.3, -0.25) is 9.69 Å². The van der Waals surface area contributed by atoms with Crippen molar-refractivity contribution in [2.24, 2.45) is 0 Å². The predicted octanol–water partition coefficient (Wildman–Crippen LogP) is 3.57. The number of amides is 1. The summed E-state index contributed by atoms with van der Waals surface area (Å²) in [6.07, 6.45) is 0. The molecule has 3 rings (SSSR count). The van der Waals surface area contributed by atoms with E-state index in [0.29, 0.717) is 0 Å². The lowest BCUT2D eigenvalue weighted by molar-refractivity contribution is -0.136. The number of para-hydroxylation sites is 1. The van der Waals surface area contributed by atoms with Crippen molar-refractivity contribution < 1.29 is 4.79 Å². The summed E-state index contributed by atoms with van der Waals surface area (Å²) in [5.41, 5.74) is 1.23. The van der Waals surface area contributed by atoms with Gasteiger partial charge in [-0.15, -0.1) is 11.3 Å². The molecule has 0 radical (unpaired) electrons. The summed E-state index contributed by atoms with van der Waals surface area (Å²) < 4.78 is 0.791. The van der Waals surface area contributed by atoms with Crippen LogP contribution in [0.25, 0.3) is 0 Å². The van der Waals surface area contributed by atoms with Crippen molar-refractivity contribution in [2.75, 3.05) is 38.1 Å². The molecule has 6 heteroatoms. The van der Waals surface area contributed by atoms with Gasteiger partial charge >= 0.3 is 0 Å². The van der Waals surface area contributed by atoms with E-state index >= 15 is 0 Å². The van der Waals surface area contributed by atoms with Crippen LogP contribution >= 0.6 is 22.9 Å². The highest BCUT2D eigenvalue weighted by Crippen LogP contribution is 2.23. The van der Waals surface area contributed by atoms with Crippen LogP contribution in [0.1, 0.15) is 11.8 Å². The SMILES string of the molecule is CC(C(=O)N1CCN(c2ccccc2)CC1)N(C)Cc1ccc(Cl)s1. The lowest BCUT2D eigenvalue weighted by Gasteiger charge is -2.38. The first-order valence-electron chi connectivity index (χ1n) is 8.58. The van der Waals surface area contributed by atoms with Gasteiger partial charge in [-0.1, -0.05) is 29.8 Å². The Hall–Kier alpha value is -1.56. The fourth-order valence-electron chi connectivity index (χ4n) is 3.10. The van der Waals surface area contributed by atoms with Crippen molar-refractivity contribution in [1.82, 2.24) is 9.80 Å². The van der Waals surface area contributed by atoms with Crippen LogP contribution in [-0.2, 0) is 11.3 Å². The van der Waals surface area contributed by atoms with Gasteiger partial charge < -0.3 is 9.80 Å². The first kappa shape index (κ1) is 18.2. The molecule has 1 saturated heterocycles. The second kappa shape index (κ2) is 8.21. The third-order valence-electron chi connectivity index (χ3n) is 4.77. The number of anilines is 1. The van der Waals surface area contributed by atoms with E-state index in [0.717, 1.165) is 37.1 Å². The van der Waals surface area contributed by atoms with E-state index < -0.39 is 0 Å². The number of carbonyl (C=O) groups excluding carboxylic acids is 1. The zero-order valence-corrected chi connectivity index (χ0v) is 16.3. The molecule has 134 valence electrons. The van der Waals surface area contributed by atoms with Gasteiger partial charge in [0.2, 0.25) is 5.91 Å². The molecule has 1 amide bonds. The maximum Gasteiger partial charge on any atom is 0.239 e. The third kappa shape index (κ3) is 4.54. The van der Waals surface area contributed by atoms with Crippen LogP contribution in [0, 0.1) is 0 Å². The molecule has 1 aromatic carbocycles. The van der Waals surface area contributed by atoms with Gasteiger partial charge in [-0.25, -0.2) is 0 Å². The Morgan fingerprint density at radius 2 is 1.84 bits per heavy atom. The summed E-state index contributed by atoms with van der Waals surface area (Å²) in [6, 6.07) is 14.2. The summed E-state index contributed by atoms with van der Waals surface area (Å²) >= 11 is 7.56. The molecule has 0 N–H and O–H groups in total. The molecule has 0 bridgehead atoms. The van der Waals surface area contributed by atoms with Crippen molar-refractivity contribution in [3.63, 3.8) is 0 Å². The summed E-state index contributed by atoms with van der Waals surface area (Å²) in [5.74, 6) is 0.206. The standard InChI is InChI=1S/C19H24ClN3OS/c1-15(21(2)14-17-8-9-18(20)25-17)19(24)23-12-10-22(11-13-23)16-6-4-3-5-7-16/h3-9,15H,10-14H2,1-2H3. The molecule has 0 aliphatic carbocycles. The maximum absolute atomic E-state index is 12.8. The number of likely N-dealkylation sites (N-methyl/N-ethyl adjacent to an activating group) is 1. The Bertz CT molecular complexity index is 698. The third-order valence-corrected chi connectivity index (χ3v) is 5.98. The van der Waals surface area contributed by atoms with Gasteiger partial charge in [0.25, 0.3) is 0 Å². The summed E-state index contributed by atoms with van der Waals surface area (Å²) in [4.78, 5) is 20.4. The lowest BCUT2D eigenvalue weighted by Crippen LogP contribution is -2.53. The lowest BCUT2D eigenvalue weighted by atomic mass is 10.2. The predicted molar refractivity (Wildman–Crippen MR) is 105 cm³/mol. The van der Waals surface area contributed by atoms with Crippen molar-refractivity contribution in [2.45, 2.75) is 19.5 Å². The van der Waals surface area contributed by atoms with Crippen molar-refractivity contribution in [1.29, 1.82) is 0 Å². The fourth-order valence-corrected chi connectivity index (χ4v) is 4.25. The number of halogens is 1. The molecule has 1 aliphatic heterocycles. The zero-order chi connectivity index (χ0) is 17.8. The fraction of sp³-hybridized carbons (Fsp3) is 0.421. The largest absolute Gasteiger partial charge is 0.368 e. The Labute approximate surface area is 158 Å². The molecule has 1 aliphatic rings. The number of nitrogens with zero attached hydrogens (tertiary/aromatic N) is 3. The topological polar surface area (TPSA) is 26.8 Å².